The first-order valence-electron chi connectivity index (χ1n) is 3.22. The van der Waals surface area contributed by atoms with Crippen LogP contribution in [0.4, 0.5) is 4.39 Å². The van der Waals surface area contributed by atoms with E-state index in [1.165, 1.54) is 19.2 Å². The summed E-state index contributed by atoms with van der Waals surface area (Å²) in [7, 11) is 1.24. The Morgan fingerprint density at radius 2 is 2.25 bits per heavy atom. The quantitative estimate of drug-likeness (QED) is 0.535. The van der Waals surface area contributed by atoms with E-state index in [4.69, 9.17) is 0 Å². The van der Waals surface area contributed by atoms with Crippen LogP contribution < -0.4 is 0 Å². The molecule has 0 spiro atoms. The number of rotatable bonds is 1. The maximum atomic E-state index is 12.6. The molecule has 12 heavy (non-hydrogen) atoms. The number of halogens is 1. The van der Waals surface area contributed by atoms with Gasteiger partial charge in [0.1, 0.15) is 5.82 Å². The topological polar surface area (TPSA) is 26.3 Å². The predicted molar refractivity (Wildman–Crippen MR) is 45.0 cm³/mol. The monoisotopic (exact) mass is 186 g/mol. The van der Waals surface area contributed by atoms with Gasteiger partial charge in [0.15, 0.2) is 0 Å². The summed E-state index contributed by atoms with van der Waals surface area (Å²) in [4.78, 5) is 11.4. The van der Waals surface area contributed by atoms with E-state index in [1.54, 1.807) is 0 Å². The maximum Gasteiger partial charge on any atom is 0.339 e. The fourth-order valence-electron chi connectivity index (χ4n) is 0.782. The highest BCUT2D eigenvalue weighted by Crippen LogP contribution is 2.15. The van der Waals surface area contributed by atoms with Gasteiger partial charge in [-0.2, -0.15) is 0 Å². The number of thiol groups is 1. The first kappa shape index (κ1) is 9.06. The van der Waals surface area contributed by atoms with Gasteiger partial charge >= 0.3 is 5.97 Å². The number of benzene rings is 1. The van der Waals surface area contributed by atoms with Gasteiger partial charge < -0.3 is 4.74 Å². The van der Waals surface area contributed by atoms with Gasteiger partial charge in [-0.25, -0.2) is 9.18 Å². The Morgan fingerprint density at radius 3 is 2.83 bits per heavy atom. The minimum Gasteiger partial charge on any atom is -0.465 e. The molecule has 0 aliphatic rings. The molecule has 0 atom stereocenters. The van der Waals surface area contributed by atoms with Crippen molar-refractivity contribution in [3.63, 3.8) is 0 Å². The van der Waals surface area contributed by atoms with Crippen LogP contribution in [0.2, 0.25) is 0 Å². The highest BCUT2D eigenvalue weighted by atomic mass is 32.1. The third-order valence-corrected chi connectivity index (χ3v) is 1.75. The lowest BCUT2D eigenvalue weighted by molar-refractivity contribution is 0.0596. The molecule has 0 N–H and O–H groups in total. The van der Waals surface area contributed by atoms with Gasteiger partial charge in [0.2, 0.25) is 0 Å². The second kappa shape index (κ2) is 3.58. The summed E-state index contributed by atoms with van der Waals surface area (Å²) in [5.74, 6) is -1.06. The summed E-state index contributed by atoms with van der Waals surface area (Å²) in [5.41, 5.74) is 0.140. The van der Waals surface area contributed by atoms with Crippen LogP contribution in [0.25, 0.3) is 0 Å². The Labute approximate surface area is 74.8 Å². The zero-order chi connectivity index (χ0) is 9.14. The number of ether oxygens (including phenoxy) is 1. The third-order valence-electron chi connectivity index (χ3n) is 1.36. The van der Waals surface area contributed by atoms with E-state index in [0.717, 1.165) is 6.07 Å². The van der Waals surface area contributed by atoms with Gasteiger partial charge in [-0.05, 0) is 18.2 Å². The van der Waals surface area contributed by atoms with Gasteiger partial charge in [-0.1, -0.05) is 0 Å². The van der Waals surface area contributed by atoms with Crippen molar-refractivity contribution in [3.05, 3.63) is 29.6 Å². The minimum absolute atomic E-state index is 0.140. The highest BCUT2D eigenvalue weighted by Gasteiger charge is 2.09. The fraction of sp³-hybridized carbons (Fsp3) is 0.125. The molecule has 1 rings (SSSR count). The summed E-state index contributed by atoms with van der Waals surface area (Å²) in [6.45, 7) is 0. The van der Waals surface area contributed by atoms with Crippen molar-refractivity contribution < 1.29 is 13.9 Å². The average Bonchev–Trinajstić information content (AvgIpc) is 2.08. The molecule has 0 heterocycles. The second-order valence-corrected chi connectivity index (χ2v) is 2.63. The molecule has 1 aromatic carbocycles. The molecule has 0 radical (unpaired) electrons. The van der Waals surface area contributed by atoms with Crippen LogP contribution in [-0.2, 0) is 4.74 Å². The first-order chi connectivity index (χ1) is 5.65. The molecule has 0 aromatic heterocycles. The molecule has 4 heteroatoms. The minimum atomic E-state index is -0.584. The van der Waals surface area contributed by atoms with E-state index in [0.29, 0.717) is 4.90 Å². The first-order valence-corrected chi connectivity index (χ1v) is 3.66. The molecule has 0 saturated carbocycles. The summed E-state index contributed by atoms with van der Waals surface area (Å²) >= 11 is 3.97. The Kier molecular flexibility index (Phi) is 2.70. The summed E-state index contributed by atoms with van der Waals surface area (Å²) < 4.78 is 17.0. The molecular formula is C8H7FO2S. The van der Waals surface area contributed by atoms with Crippen molar-refractivity contribution >= 4 is 18.6 Å². The van der Waals surface area contributed by atoms with Crippen molar-refractivity contribution in [3.8, 4) is 0 Å². The zero-order valence-electron chi connectivity index (χ0n) is 6.37. The molecule has 2 nitrogen and oxygen atoms in total. The van der Waals surface area contributed by atoms with Crippen LogP contribution in [0.1, 0.15) is 10.4 Å². The molecule has 0 aliphatic heterocycles. The number of carbonyl (C=O) groups is 1. The van der Waals surface area contributed by atoms with Gasteiger partial charge in [-0.3, -0.25) is 0 Å². The fourth-order valence-corrected chi connectivity index (χ4v) is 1.01. The number of hydrogen-bond donors (Lipinski definition) is 1. The lowest BCUT2D eigenvalue weighted by atomic mass is 10.2. The Hall–Kier alpha value is -1.03. The summed E-state index contributed by atoms with van der Waals surface area (Å²) in [6, 6.07) is 3.73. The Bertz CT molecular complexity index is 312. The Balaban J connectivity index is 3.13. The molecule has 0 unspecified atom stereocenters. The van der Waals surface area contributed by atoms with Gasteiger partial charge in [0.05, 0.1) is 12.7 Å². The van der Waals surface area contributed by atoms with Crippen LogP contribution >= 0.6 is 12.6 Å². The van der Waals surface area contributed by atoms with Crippen LogP contribution in [0.5, 0.6) is 0 Å². The van der Waals surface area contributed by atoms with E-state index in [2.05, 4.69) is 17.4 Å². The van der Waals surface area contributed by atoms with Crippen molar-refractivity contribution in [1.82, 2.24) is 0 Å². The van der Waals surface area contributed by atoms with Crippen molar-refractivity contribution in [2.45, 2.75) is 4.90 Å². The standard InChI is InChI=1S/C8H7FO2S/c1-11-8(10)6-4-5(9)2-3-7(6)12/h2-4,12H,1H3. The second-order valence-electron chi connectivity index (χ2n) is 2.15. The lowest BCUT2D eigenvalue weighted by Crippen LogP contribution is -2.02. The molecule has 64 valence electrons. The molecule has 0 aliphatic carbocycles. The van der Waals surface area contributed by atoms with E-state index in [1.807, 2.05) is 0 Å². The van der Waals surface area contributed by atoms with Crippen LogP contribution in [0.3, 0.4) is 0 Å². The third kappa shape index (κ3) is 1.76. The molecule has 0 amide bonds. The van der Waals surface area contributed by atoms with Gasteiger partial charge in [-0.15, -0.1) is 12.6 Å². The van der Waals surface area contributed by atoms with Crippen molar-refractivity contribution in [2.75, 3.05) is 7.11 Å². The molecule has 0 saturated heterocycles. The summed E-state index contributed by atoms with van der Waals surface area (Å²) in [5, 5.41) is 0. The van der Waals surface area contributed by atoms with Crippen molar-refractivity contribution in [2.24, 2.45) is 0 Å². The van der Waals surface area contributed by atoms with Gasteiger partial charge in [0, 0.05) is 4.90 Å². The number of methoxy groups -OCH3 is 1. The van der Waals surface area contributed by atoms with Crippen LogP contribution in [0.15, 0.2) is 23.1 Å². The number of esters is 1. The van der Waals surface area contributed by atoms with Crippen LogP contribution in [-0.4, -0.2) is 13.1 Å². The van der Waals surface area contributed by atoms with Gasteiger partial charge in [0.25, 0.3) is 0 Å². The smallest absolute Gasteiger partial charge is 0.339 e. The largest absolute Gasteiger partial charge is 0.465 e. The van der Waals surface area contributed by atoms with E-state index < -0.39 is 11.8 Å². The number of carbonyl (C=O) groups excluding carboxylic acids is 1. The summed E-state index contributed by atoms with van der Waals surface area (Å²) in [6.07, 6.45) is 0. The Morgan fingerprint density at radius 1 is 1.58 bits per heavy atom. The van der Waals surface area contributed by atoms with E-state index in [9.17, 15) is 9.18 Å². The highest BCUT2D eigenvalue weighted by molar-refractivity contribution is 7.80. The SMILES string of the molecule is COC(=O)c1cc(F)ccc1S. The molecule has 0 bridgehead atoms. The maximum absolute atomic E-state index is 12.6. The molecule has 0 fully saturated rings. The normalized spacial score (nSPS) is 9.58. The van der Waals surface area contributed by atoms with E-state index in [-0.39, 0.29) is 5.56 Å². The van der Waals surface area contributed by atoms with Crippen molar-refractivity contribution in [1.29, 1.82) is 0 Å². The van der Waals surface area contributed by atoms with Crippen LogP contribution in [0, 0.1) is 5.82 Å². The average molecular weight is 186 g/mol. The molecular weight excluding hydrogens is 179 g/mol. The van der Waals surface area contributed by atoms with E-state index >= 15 is 0 Å². The molecule has 1 aromatic rings. The lowest BCUT2D eigenvalue weighted by Gasteiger charge is -2.01. The number of hydrogen-bond acceptors (Lipinski definition) is 3. The zero-order valence-corrected chi connectivity index (χ0v) is 7.27. The predicted octanol–water partition coefficient (Wildman–Crippen LogP) is 1.90.